The van der Waals surface area contributed by atoms with Gasteiger partial charge in [-0.15, -0.1) is 0 Å². The molecule has 1 fully saturated rings. The highest BCUT2D eigenvalue weighted by Gasteiger charge is 2.38. The number of hydrogen-bond acceptors (Lipinski definition) is 1. The second-order valence-electron chi connectivity index (χ2n) is 5.60. The van der Waals surface area contributed by atoms with Crippen LogP contribution in [0.3, 0.4) is 0 Å². The van der Waals surface area contributed by atoms with E-state index in [0.717, 1.165) is 22.0 Å². The first-order chi connectivity index (χ1) is 9.06. The summed E-state index contributed by atoms with van der Waals surface area (Å²) in [6, 6.07) is 4.33. The van der Waals surface area contributed by atoms with Gasteiger partial charge in [0.1, 0.15) is 0 Å². The number of nitrogens with one attached hydrogen (secondary N) is 1. The highest BCUT2D eigenvalue weighted by Crippen LogP contribution is 2.46. The zero-order valence-corrected chi connectivity index (χ0v) is 13.8. The zero-order chi connectivity index (χ0) is 13.6. The van der Waals surface area contributed by atoms with Crippen LogP contribution in [0.25, 0.3) is 0 Å². The van der Waals surface area contributed by atoms with Crippen molar-refractivity contribution in [2.75, 3.05) is 5.32 Å². The second kappa shape index (κ2) is 5.31. The van der Waals surface area contributed by atoms with E-state index < -0.39 is 0 Å². The Balaban J connectivity index is 1.75. The summed E-state index contributed by atoms with van der Waals surface area (Å²) in [5.74, 6) is 2.23. The van der Waals surface area contributed by atoms with Crippen LogP contribution in [0, 0.1) is 17.8 Å². The van der Waals surface area contributed by atoms with Crippen LogP contribution in [-0.2, 0) is 0 Å². The molecule has 102 valence electrons. The summed E-state index contributed by atoms with van der Waals surface area (Å²) in [6.07, 6.45) is 7.37. The molecule has 3 rings (SSSR count). The Kier molecular flexibility index (Phi) is 3.85. The van der Waals surface area contributed by atoms with Crippen molar-refractivity contribution < 1.29 is 0 Å². The summed E-state index contributed by atoms with van der Waals surface area (Å²) in [5, 5.41) is 4.71. The van der Waals surface area contributed by atoms with Crippen molar-refractivity contribution in [3.05, 3.63) is 38.8 Å². The van der Waals surface area contributed by atoms with E-state index in [-0.39, 0.29) is 0 Å². The Hall–Kier alpha value is -0.180. The molecular formula is C15H16BrCl2N. The summed E-state index contributed by atoms with van der Waals surface area (Å²) < 4.78 is 0.834. The molecule has 0 heterocycles. The molecule has 1 aromatic carbocycles. The third-order valence-corrected chi connectivity index (χ3v) is 6.16. The zero-order valence-electron chi connectivity index (χ0n) is 10.7. The van der Waals surface area contributed by atoms with Gasteiger partial charge in [0.05, 0.1) is 15.7 Å². The minimum Gasteiger partial charge on any atom is -0.381 e. The van der Waals surface area contributed by atoms with E-state index in [1.807, 2.05) is 12.1 Å². The van der Waals surface area contributed by atoms with Crippen LogP contribution in [0.4, 0.5) is 5.69 Å². The smallest absolute Gasteiger partial charge is 0.0835 e. The summed E-state index contributed by atoms with van der Waals surface area (Å²) in [7, 11) is 0. The molecule has 2 bridgehead atoms. The Morgan fingerprint density at radius 3 is 2.63 bits per heavy atom. The SMILES string of the molecule is CC(Nc1ccc(Br)c(Cl)c1Cl)C1CC2C=CC1C2. The molecule has 19 heavy (non-hydrogen) atoms. The molecule has 1 nitrogen and oxygen atoms in total. The molecule has 2 aliphatic carbocycles. The van der Waals surface area contributed by atoms with Crippen molar-refractivity contribution >= 4 is 44.8 Å². The van der Waals surface area contributed by atoms with Gasteiger partial charge in [0.25, 0.3) is 0 Å². The maximum Gasteiger partial charge on any atom is 0.0835 e. The lowest BCUT2D eigenvalue weighted by molar-refractivity contribution is 0.400. The number of halogens is 3. The van der Waals surface area contributed by atoms with Crippen molar-refractivity contribution in [3.8, 4) is 0 Å². The van der Waals surface area contributed by atoms with E-state index in [1.165, 1.54) is 12.8 Å². The predicted molar refractivity (Wildman–Crippen MR) is 86.1 cm³/mol. The third-order valence-electron chi connectivity index (χ3n) is 4.39. The van der Waals surface area contributed by atoms with Gasteiger partial charge < -0.3 is 5.32 Å². The van der Waals surface area contributed by atoms with Crippen LogP contribution in [0.15, 0.2) is 28.8 Å². The molecule has 0 spiro atoms. The van der Waals surface area contributed by atoms with E-state index in [4.69, 9.17) is 23.2 Å². The quantitative estimate of drug-likeness (QED) is 0.533. The number of benzene rings is 1. The first-order valence-electron chi connectivity index (χ1n) is 6.64. The summed E-state index contributed by atoms with van der Waals surface area (Å²) in [4.78, 5) is 0. The largest absolute Gasteiger partial charge is 0.381 e. The van der Waals surface area contributed by atoms with Crippen LogP contribution >= 0.6 is 39.1 Å². The average Bonchev–Trinajstić information content (AvgIpc) is 3.02. The molecule has 1 aromatic rings. The molecule has 0 radical (unpaired) electrons. The van der Waals surface area contributed by atoms with Gasteiger partial charge in [-0.3, -0.25) is 0 Å². The van der Waals surface area contributed by atoms with Crippen LogP contribution in [-0.4, -0.2) is 6.04 Å². The standard InChI is InChI=1S/C15H16BrCl2N/c1-8(11-7-9-2-3-10(11)6-9)19-13-5-4-12(16)14(17)15(13)18/h2-5,8-11,19H,6-7H2,1H3. The van der Waals surface area contributed by atoms with Gasteiger partial charge in [-0.05, 0) is 65.6 Å². The lowest BCUT2D eigenvalue weighted by atomic mass is 9.87. The summed E-state index contributed by atoms with van der Waals surface area (Å²) in [6.45, 7) is 2.24. The number of allylic oxidation sites excluding steroid dienone is 2. The molecule has 0 amide bonds. The average molecular weight is 361 g/mol. The van der Waals surface area contributed by atoms with E-state index in [0.29, 0.717) is 22.0 Å². The van der Waals surface area contributed by atoms with Gasteiger partial charge in [-0.2, -0.15) is 0 Å². The lowest BCUT2D eigenvalue weighted by Crippen LogP contribution is -2.28. The lowest BCUT2D eigenvalue weighted by Gasteiger charge is -2.27. The fourth-order valence-electron chi connectivity index (χ4n) is 3.39. The minimum atomic E-state index is 0.412. The van der Waals surface area contributed by atoms with Crippen LogP contribution in [0.1, 0.15) is 19.8 Å². The Morgan fingerprint density at radius 1 is 1.21 bits per heavy atom. The number of anilines is 1. The molecule has 1 saturated carbocycles. The maximum absolute atomic E-state index is 6.29. The van der Waals surface area contributed by atoms with Gasteiger partial charge in [-0.25, -0.2) is 0 Å². The Labute approximate surface area is 132 Å². The van der Waals surface area contributed by atoms with E-state index in [1.54, 1.807) is 0 Å². The Bertz CT molecular complexity index is 529. The van der Waals surface area contributed by atoms with Gasteiger partial charge in [0.2, 0.25) is 0 Å². The number of fused-ring (bicyclic) bond motifs is 2. The first-order valence-corrected chi connectivity index (χ1v) is 8.19. The maximum atomic E-state index is 6.29. The normalized spacial score (nSPS) is 29.8. The minimum absolute atomic E-state index is 0.412. The molecule has 4 unspecified atom stereocenters. The van der Waals surface area contributed by atoms with Crippen molar-refractivity contribution in [2.45, 2.75) is 25.8 Å². The van der Waals surface area contributed by atoms with Crippen molar-refractivity contribution in [3.63, 3.8) is 0 Å². The molecule has 1 N–H and O–H groups in total. The summed E-state index contributed by atoms with van der Waals surface area (Å²) in [5.41, 5.74) is 0.925. The van der Waals surface area contributed by atoms with Crippen molar-refractivity contribution in [1.29, 1.82) is 0 Å². The van der Waals surface area contributed by atoms with Crippen LogP contribution in [0.5, 0.6) is 0 Å². The second-order valence-corrected chi connectivity index (χ2v) is 7.21. The Morgan fingerprint density at radius 2 is 2.00 bits per heavy atom. The fraction of sp³-hybridized carbons (Fsp3) is 0.467. The van der Waals surface area contributed by atoms with Gasteiger partial charge in [0.15, 0.2) is 0 Å². The van der Waals surface area contributed by atoms with Gasteiger partial charge in [0, 0.05) is 10.5 Å². The van der Waals surface area contributed by atoms with Gasteiger partial charge in [-0.1, -0.05) is 35.4 Å². The monoisotopic (exact) mass is 359 g/mol. The summed E-state index contributed by atoms with van der Waals surface area (Å²) >= 11 is 15.8. The molecule has 4 atom stereocenters. The van der Waals surface area contributed by atoms with Crippen molar-refractivity contribution in [2.24, 2.45) is 17.8 Å². The molecule has 4 heteroatoms. The predicted octanol–water partition coefficient (Wildman–Crippen LogP) is 5.77. The molecular weight excluding hydrogens is 345 g/mol. The van der Waals surface area contributed by atoms with Crippen molar-refractivity contribution in [1.82, 2.24) is 0 Å². The molecule has 0 aliphatic heterocycles. The first kappa shape index (κ1) is 13.8. The molecule has 2 aliphatic rings. The number of rotatable bonds is 3. The third kappa shape index (κ3) is 2.55. The van der Waals surface area contributed by atoms with Crippen LogP contribution < -0.4 is 5.32 Å². The van der Waals surface area contributed by atoms with E-state index in [9.17, 15) is 0 Å². The molecule has 0 saturated heterocycles. The molecule has 0 aromatic heterocycles. The van der Waals surface area contributed by atoms with E-state index in [2.05, 4.69) is 40.3 Å². The number of hydrogen-bond donors (Lipinski definition) is 1. The highest BCUT2D eigenvalue weighted by molar-refractivity contribution is 9.10. The van der Waals surface area contributed by atoms with Crippen LogP contribution in [0.2, 0.25) is 10.0 Å². The van der Waals surface area contributed by atoms with E-state index >= 15 is 0 Å². The van der Waals surface area contributed by atoms with Gasteiger partial charge >= 0.3 is 0 Å². The fourth-order valence-corrected chi connectivity index (χ4v) is 4.22. The highest BCUT2D eigenvalue weighted by atomic mass is 79.9. The topological polar surface area (TPSA) is 12.0 Å².